The third-order valence-corrected chi connectivity index (χ3v) is 2.64. The molecular weight excluding hydrogens is 284 g/mol. The standard InChI is InChI=1S/C8H6Br2N2/c1-4-2-5(9)7-6(3-4)11-8(10)12-7/h2-3H,1H3,(H,11,12). The number of benzene rings is 1. The molecule has 0 saturated heterocycles. The summed E-state index contributed by atoms with van der Waals surface area (Å²) in [4.78, 5) is 7.38. The first-order chi connectivity index (χ1) is 5.66. The highest BCUT2D eigenvalue weighted by Crippen LogP contribution is 2.24. The van der Waals surface area contributed by atoms with Gasteiger partial charge in [0.05, 0.1) is 5.52 Å². The molecule has 0 bridgehead atoms. The quantitative estimate of drug-likeness (QED) is 0.791. The first kappa shape index (κ1) is 8.26. The zero-order valence-corrected chi connectivity index (χ0v) is 9.53. The summed E-state index contributed by atoms with van der Waals surface area (Å²) in [6, 6.07) is 4.12. The molecule has 0 saturated carbocycles. The fraction of sp³-hybridized carbons (Fsp3) is 0.125. The van der Waals surface area contributed by atoms with Crippen LogP contribution in [-0.4, -0.2) is 9.97 Å². The minimum atomic E-state index is 0.767. The van der Waals surface area contributed by atoms with Gasteiger partial charge >= 0.3 is 0 Å². The Kier molecular flexibility index (Phi) is 1.96. The van der Waals surface area contributed by atoms with Crippen molar-refractivity contribution in [2.24, 2.45) is 0 Å². The van der Waals surface area contributed by atoms with E-state index in [4.69, 9.17) is 0 Å². The van der Waals surface area contributed by atoms with Crippen molar-refractivity contribution in [3.63, 3.8) is 0 Å². The van der Waals surface area contributed by atoms with Crippen molar-refractivity contribution >= 4 is 42.9 Å². The Hall–Kier alpha value is -0.350. The molecule has 0 aliphatic heterocycles. The Bertz CT molecular complexity index is 434. The molecule has 2 rings (SSSR count). The summed E-state index contributed by atoms with van der Waals surface area (Å²) in [5.74, 6) is 0. The Balaban J connectivity index is 2.88. The van der Waals surface area contributed by atoms with Crippen molar-refractivity contribution in [2.75, 3.05) is 0 Å². The smallest absolute Gasteiger partial charge is 0.175 e. The van der Waals surface area contributed by atoms with Crippen LogP contribution in [0, 0.1) is 6.92 Å². The fourth-order valence-corrected chi connectivity index (χ4v) is 2.23. The number of imidazole rings is 1. The lowest BCUT2D eigenvalue weighted by Gasteiger charge is -1.94. The highest BCUT2D eigenvalue weighted by atomic mass is 79.9. The van der Waals surface area contributed by atoms with E-state index < -0.39 is 0 Å². The van der Waals surface area contributed by atoms with E-state index in [0.717, 1.165) is 20.2 Å². The topological polar surface area (TPSA) is 28.7 Å². The Morgan fingerprint density at radius 2 is 2.08 bits per heavy atom. The number of nitrogens with zero attached hydrogens (tertiary/aromatic N) is 1. The van der Waals surface area contributed by atoms with Gasteiger partial charge in [0.1, 0.15) is 5.52 Å². The molecule has 0 amide bonds. The number of nitrogens with one attached hydrogen (secondary N) is 1. The molecule has 2 nitrogen and oxygen atoms in total. The number of aromatic nitrogens is 2. The van der Waals surface area contributed by atoms with Crippen LogP contribution in [0.15, 0.2) is 21.3 Å². The summed E-state index contributed by atoms with van der Waals surface area (Å²) < 4.78 is 1.79. The van der Waals surface area contributed by atoms with Crippen molar-refractivity contribution in [1.82, 2.24) is 9.97 Å². The molecule has 0 unspecified atom stereocenters. The van der Waals surface area contributed by atoms with E-state index in [1.165, 1.54) is 5.56 Å². The summed E-state index contributed by atoms with van der Waals surface area (Å²) in [6.45, 7) is 2.05. The number of H-pyrrole nitrogens is 1. The first-order valence-corrected chi connectivity index (χ1v) is 5.07. The van der Waals surface area contributed by atoms with Gasteiger partial charge in [-0.3, -0.25) is 0 Å². The van der Waals surface area contributed by atoms with Gasteiger partial charge in [-0.05, 0) is 56.5 Å². The van der Waals surface area contributed by atoms with Gasteiger partial charge in [0, 0.05) is 4.47 Å². The lowest BCUT2D eigenvalue weighted by molar-refractivity contribution is 1.27. The molecule has 2 aromatic rings. The highest BCUT2D eigenvalue weighted by molar-refractivity contribution is 9.11. The second-order valence-corrected chi connectivity index (χ2v) is 4.28. The molecule has 12 heavy (non-hydrogen) atoms. The number of hydrogen-bond acceptors (Lipinski definition) is 1. The average molecular weight is 290 g/mol. The Morgan fingerprint density at radius 1 is 1.33 bits per heavy atom. The number of halogens is 2. The minimum Gasteiger partial charge on any atom is -0.332 e. The fourth-order valence-electron chi connectivity index (χ4n) is 1.18. The second-order valence-electron chi connectivity index (χ2n) is 2.67. The average Bonchev–Trinajstić information content (AvgIpc) is 2.29. The number of rotatable bonds is 0. The van der Waals surface area contributed by atoms with Crippen molar-refractivity contribution in [2.45, 2.75) is 6.92 Å². The summed E-state index contributed by atoms with van der Waals surface area (Å²) in [5, 5.41) is 0. The molecular formula is C8H6Br2N2. The molecule has 1 aromatic carbocycles. The van der Waals surface area contributed by atoms with Crippen LogP contribution in [0.25, 0.3) is 11.0 Å². The monoisotopic (exact) mass is 288 g/mol. The van der Waals surface area contributed by atoms with Crippen LogP contribution in [0.4, 0.5) is 0 Å². The van der Waals surface area contributed by atoms with Crippen molar-refractivity contribution in [3.05, 3.63) is 26.9 Å². The summed E-state index contributed by atoms with van der Waals surface area (Å²) in [5.41, 5.74) is 3.23. The van der Waals surface area contributed by atoms with Gasteiger partial charge in [-0.15, -0.1) is 0 Å². The summed E-state index contributed by atoms with van der Waals surface area (Å²) in [7, 11) is 0. The molecule has 0 atom stereocenters. The Labute approximate surface area is 86.6 Å². The van der Waals surface area contributed by atoms with E-state index in [1.54, 1.807) is 0 Å². The maximum atomic E-state index is 4.27. The van der Waals surface area contributed by atoms with Gasteiger partial charge in [0.15, 0.2) is 4.73 Å². The van der Waals surface area contributed by atoms with Crippen LogP contribution < -0.4 is 0 Å². The lowest BCUT2D eigenvalue weighted by atomic mass is 10.2. The molecule has 0 aliphatic rings. The summed E-state index contributed by atoms with van der Waals surface area (Å²) >= 11 is 6.75. The predicted octanol–water partition coefficient (Wildman–Crippen LogP) is 3.40. The third kappa shape index (κ3) is 1.29. The third-order valence-electron chi connectivity index (χ3n) is 1.66. The minimum absolute atomic E-state index is 0.767. The zero-order valence-electron chi connectivity index (χ0n) is 6.36. The van der Waals surface area contributed by atoms with Gasteiger partial charge in [-0.2, -0.15) is 0 Å². The normalized spacial score (nSPS) is 10.9. The maximum Gasteiger partial charge on any atom is 0.175 e. The van der Waals surface area contributed by atoms with Crippen LogP contribution in [0.5, 0.6) is 0 Å². The van der Waals surface area contributed by atoms with Crippen molar-refractivity contribution in [1.29, 1.82) is 0 Å². The first-order valence-electron chi connectivity index (χ1n) is 3.48. The SMILES string of the molecule is Cc1cc(Br)c2nc(Br)[nH]c2c1. The van der Waals surface area contributed by atoms with Gasteiger partial charge in [0.25, 0.3) is 0 Å². The molecule has 1 N–H and O–H groups in total. The van der Waals surface area contributed by atoms with E-state index in [0.29, 0.717) is 0 Å². The lowest BCUT2D eigenvalue weighted by Crippen LogP contribution is -1.75. The van der Waals surface area contributed by atoms with Crippen LogP contribution in [0.1, 0.15) is 5.56 Å². The molecule has 0 radical (unpaired) electrons. The summed E-state index contributed by atoms with van der Waals surface area (Å²) in [6.07, 6.45) is 0. The van der Waals surface area contributed by atoms with Gasteiger partial charge in [-0.1, -0.05) is 0 Å². The van der Waals surface area contributed by atoms with E-state index in [-0.39, 0.29) is 0 Å². The molecule has 0 fully saturated rings. The van der Waals surface area contributed by atoms with E-state index in [1.807, 2.05) is 0 Å². The molecule has 62 valence electrons. The molecule has 4 heteroatoms. The second kappa shape index (κ2) is 2.85. The van der Waals surface area contributed by atoms with Gasteiger partial charge in [0.2, 0.25) is 0 Å². The largest absolute Gasteiger partial charge is 0.332 e. The van der Waals surface area contributed by atoms with Crippen LogP contribution in [0.3, 0.4) is 0 Å². The van der Waals surface area contributed by atoms with Crippen LogP contribution in [0.2, 0.25) is 0 Å². The van der Waals surface area contributed by atoms with Crippen molar-refractivity contribution in [3.8, 4) is 0 Å². The molecule has 0 spiro atoms. The number of fused-ring (bicyclic) bond motifs is 1. The number of aromatic amines is 1. The molecule has 1 heterocycles. The van der Waals surface area contributed by atoms with Crippen LogP contribution >= 0.6 is 31.9 Å². The predicted molar refractivity (Wildman–Crippen MR) is 56.2 cm³/mol. The van der Waals surface area contributed by atoms with Crippen LogP contribution in [-0.2, 0) is 0 Å². The number of hydrogen-bond donors (Lipinski definition) is 1. The van der Waals surface area contributed by atoms with E-state index >= 15 is 0 Å². The Morgan fingerprint density at radius 3 is 2.83 bits per heavy atom. The van der Waals surface area contributed by atoms with Gasteiger partial charge < -0.3 is 4.98 Å². The highest BCUT2D eigenvalue weighted by Gasteiger charge is 2.04. The number of aryl methyl sites for hydroxylation is 1. The van der Waals surface area contributed by atoms with E-state index in [9.17, 15) is 0 Å². The molecule has 1 aromatic heterocycles. The maximum absolute atomic E-state index is 4.27. The molecule has 0 aliphatic carbocycles. The zero-order chi connectivity index (χ0) is 8.72. The van der Waals surface area contributed by atoms with Gasteiger partial charge in [-0.25, -0.2) is 4.98 Å². The van der Waals surface area contributed by atoms with Crippen molar-refractivity contribution < 1.29 is 0 Å². The van der Waals surface area contributed by atoms with E-state index in [2.05, 4.69) is 60.9 Å².